The summed E-state index contributed by atoms with van der Waals surface area (Å²) < 4.78 is 22.4. The lowest BCUT2D eigenvalue weighted by molar-refractivity contribution is -0.121. The Labute approximate surface area is 95.7 Å². The van der Waals surface area contributed by atoms with E-state index in [-0.39, 0.29) is 0 Å². The van der Waals surface area contributed by atoms with E-state index in [1.165, 1.54) is 6.92 Å². The van der Waals surface area contributed by atoms with Gasteiger partial charge in [-0.3, -0.25) is 4.79 Å². The number of sulfone groups is 1. The molecule has 0 radical (unpaired) electrons. The van der Waals surface area contributed by atoms with Crippen LogP contribution in [0.4, 0.5) is 0 Å². The number of carbonyl (C=O) groups is 1. The maximum absolute atomic E-state index is 11.7. The van der Waals surface area contributed by atoms with Crippen molar-refractivity contribution in [2.75, 3.05) is 6.26 Å². The quantitative estimate of drug-likeness (QED) is 0.777. The third-order valence-corrected chi connectivity index (χ3v) is 4.54. The van der Waals surface area contributed by atoms with Crippen LogP contribution in [0.25, 0.3) is 0 Å². The van der Waals surface area contributed by atoms with Gasteiger partial charge in [-0.05, 0) is 32.6 Å². The van der Waals surface area contributed by atoms with E-state index in [4.69, 9.17) is 5.26 Å². The second-order valence-electron chi connectivity index (χ2n) is 4.36. The van der Waals surface area contributed by atoms with Crippen molar-refractivity contribution >= 4 is 15.7 Å². The van der Waals surface area contributed by atoms with Crippen LogP contribution in [0, 0.1) is 11.3 Å². The Balaban J connectivity index is 2.75. The Bertz CT molecular complexity index is 416. The van der Waals surface area contributed by atoms with Crippen LogP contribution < -0.4 is 5.32 Å². The lowest BCUT2D eigenvalue weighted by Gasteiger charge is -2.23. The Hall–Kier alpha value is -1.09. The Kier molecular flexibility index (Phi) is 3.58. The lowest BCUT2D eigenvalue weighted by Crippen LogP contribution is -2.50. The number of hydrogen-bond acceptors (Lipinski definition) is 4. The average molecular weight is 244 g/mol. The third kappa shape index (κ3) is 2.73. The highest BCUT2D eigenvalue weighted by atomic mass is 32.2. The summed E-state index contributed by atoms with van der Waals surface area (Å²) in [5.74, 6) is -0.578. The van der Waals surface area contributed by atoms with Gasteiger partial charge in [0.1, 0.15) is 10.8 Å². The van der Waals surface area contributed by atoms with Gasteiger partial charge in [-0.15, -0.1) is 0 Å². The number of nitriles is 1. The van der Waals surface area contributed by atoms with Gasteiger partial charge >= 0.3 is 0 Å². The van der Waals surface area contributed by atoms with Crippen molar-refractivity contribution < 1.29 is 13.2 Å². The summed E-state index contributed by atoms with van der Waals surface area (Å²) in [5, 5.41) is 10.5. The molecule has 1 amide bonds. The number of nitrogens with one attached hydrogen (secondary N) is 1. The fraction of sp³-hybridized carbons (Fsp3) is 0.800. The molecule has 1 aliphatic rings. The molecule has 0 spiro atoms. The average Bonchev–Trinajstić information content (AvgIpc) is 2.64. The maximum atomic E-state index is 11.7. The van der Waals surface area contributed by atoms with Crippen molar-refractivity contribution in [3.8, 4) is 6.07 Å². The largest absolute Gasteiger partial charge is 0.337 e. The third-order valence-electron chi connectivity index (χ3n) is 3.05. The summed E-state index contributed by atoms with van der Waals surface area (Å²) >= 11 is 0. The molecule has 1 fully saturated rings. The second-order valence-corrected chi connectivity index (χ2v) is 6.73. The molecule has 0 aromatic carbocycles. The Morgan fingerprint density at radius 2 is 1.94 bits per heavy atom. The van der Waals surface area contributed by atoms with Crippen molar-refractivity contribution in [3.63, 3.8) is 0 Å². The minimum Gasteiger partial charge on any atom is -0.337 e. The monoisotopic (exact) mass is 244 g/mol. The first kappa shape index (κ1) is 13.0. The van der Waals surface area contributed by atoms with Crippen LogP contribution in [0.1, 0.15) is 32.6 Å². The highest BCUT2D eigenvalue weighted by molar-refractivity contribution is 7.92. The number of nitrogens with zero attached hydrogens (tertiary/aromatic N) is 1. The number of amides is 1. The van der Waals surface area contributed by atoms with Crippen LogP contribution in [-0.4, -0.2) is 31.4 Å². The maximum Gasteiger partial charge on any atom is 0.239 e. The molecular weight excluding hydrogens is 228 g/mol. The zero-order valence-electron chi connectivity index (χ0n) is 9.49. The topological polar surface area (TPSA) is 87.0 Å². The van der Waals surface area contributed by atoms with Crippen LogP contribution >= 0.6 is 0 Å². The van der Waals surface area contributed by atoms with Gasteiger partial charge in [0.05, 0.1) is 6.07 Å². The van der Waals surface area contributed by atoms with Crippen molar-refractivity contribution in [1.82, 2.24) is 5.32 Å². The molecule has 1 rings (SSSR count). The molecule has 0 saturated heterocycles. The first-order valence-electron chi connectivity index (χ1n) is 5.23. The van der Waals surface area contributed by atoms with Crippen molar-refractivity contribution in [2.45, 2.75) is 43.4 Å². The summed E-state index contributed by atoms with van der Waals surface area (Å²) in [7, 11) is -3.40. The number of carbonyl (C=O) groups excluding carboxylic acids is 1. The molecule has 6 heteroatoms. The molecule has 0 bridgehead atoms. The van der Waals surface area contributed by atoms with E-state index in [2.05, 4.69) is 11.4 Å². The molecular formula is C10H16N2O3S. The first-order chi connectivity index (χ1) is 7.31. The summed E-state index contributed by atoms with van der Waals surface area (Å²) in [4.78, 5) is 11.7. The summed E-state index contributed by atoms with van der Waals surface area (Å²) in [6.07, 6.45) is 4.00. The molecule has 1 N–H and O–H groups in total. The normalized spacial score (nSPS) is 21.1. The van der Waals surface area contributed by atoms with Crippen molar-refractivity contribution in [2.24, 2.45) is 0 Å². The fourth-order valence-electron chi connectivity index (χ4n) is 1.78. The van der Waals surface area contributed by atoms with Gasteiger partial charge < -0.3 is 5.32 Å². The van der Waals surface area contributed by atoms with Gasteiger partial charge in [0, 0.05) is 6.26 Å². The van der Waals surface area contributed by atoms with Gasteiger partial charge in [0.2, 0.25) is 5.91 Å². The first-order valence-corrected chi connectivity index (χ1v) is 7.18. The fourth-order valence-corrected chi connectivity index (χ4v) is 2.22. The summed E-state index contributed by atoms with van der Waals surface area (Å²) in [6.45, 7) is 1.34. The highest BCUT2D eigenvalue weighted by Crippen LogP contribution is 2.29. The van der Waals surface area contributed by atoms with Crippen LogP contribution in [0.5, 0.6) is 0 Å². The number of rotatable bonds is 3. The molecule has 1 saturated carbocycles. The van der Waals surface area contributed by atoms with E-state index in [9.17, 15) is 13.2 Å². The van der Waals surface area contributed by atoms with E-state index in [0.717, 1.165) is 19.1 Å². The van der Waals surface area contributed by atoms with Gasteiger partial charge in [-0.25, -0.2) is 8.42 Å². The van der Waals surface area contributed by atoms with Crippen LogP contribution in [0.2, 0.25) is 0 Å². The second kappa shape index (κ2) is 4.42. The SMILES string of the molecule is CC(C(=O)NC1(C#N)CCCC1)S(C)(=O)=O. The van der Waals surface area contributed by atoms with E-state index < -0.39 is 26.5 Å². The van der Waals surface area contributed by atoms with E-state index in [0.29, 0.717) is 12.8 Å². The molecule has 16 heavy (non-hydrogen) atoms. The van der Waals surface area contributed by atoms with Crippen LogP contribution in [-0.2, 0) is 14.6 Å². The molecule has 1 aliphatic carbocycles. The Morgan fingerprint density at radius 1 is 1.44 bits per heavy atom. The smallest absolute Gasteiger partial charge is 0.239 e. The highest BCUT2D eigenvalue weighted by Gasteiger charge is 2.37. The van der Waals surface area contributed by atoms with Gasteiger partial charge in [-0.2, -0.15) is 5.26 Å². The molecule has 5 nitrogen and oxygen atoms in total. The van der Waals surface area contributed by atoms with E-state index in [1.807, 2.05) is 0 Å². The van der Waals surface area contributed by atoms with Gasteiger partial charge in [0.25, 0.3) is 0 Å². The molecule has 0 heterocycles. The number of hydrogen-bond donors (Lipinski definition) is 1. The zero-order valence-corrected chi connectivity index (χ0v) is 10.3. The molecule has 0 aliphatic heterocycles. The van der Waals surface area contributed by atoms with Crippen LogP contribution in [0.15, 0.2) is 0 Å². The van der Waals surface area contributed by atoms with E-state index >= 15 is 0 Å². The minimum atomic E-state index is -3.40. The predicted octanol–water partition coefficient (Wildman–Crippen LogP) is 0.372. The van der Waals surface area contributed by atoms with Crippen LogP contribution in [0.3, 0.4) is 0 Å². The summed E-state index contributed by atoms with van der Waals surface area (Å²) in [5.41, 5.74) is -0.851. The predicted molar refractivity (Wildman–Crippen MR) is 59.3 cm³/mol. The van der Waals surface area contributed by atoms with Crippen molar-refractivity contribution in [1.29, 1.82) is 5.26 Å². The lowest BCUT2D eigenvalue weighted by atomic mass is 10.00. The minimum absolute atomic E-state index is 0.578. The standard InChI is InChI=1S/C10H16N2O3S/c1-8(16(2,14)15)9(13)12-10(7-11)5-3-4-6-10/h8H,3-6H2,1-2H3,(H,12,13). The summed E-state index contributed by atoms with van der Waals surface area (Å²) in [6, 6.07) is 2.09. The Morgan fingerprint density at radius 3 is 2.31 bits per heavy atom. The van der Waals surface area contributed by atoms with E-state index in [1.54, 1.807) is 0 Å². The van der Waals surface area contributed by atoms with Gasteiger partial charge in [-0.1, -0.05) is 0 Å². The zero-order chi connectivity index (χ0) is 12.4. The molecule has 0 aromatic rings. The van der Waals surface area contributed by atoms with Gasteiger partial charge in [0.15, 0.2) is 9.84 Å². The molecule has 1 unspecified atom stereocenters. The molecule has 0 aromatic heterocycles. The molecule has 90 valence electrons. The molecule has 1 atom stereocenters. The van der Waals surface area contributed by atoms with Crippen molar-refractivity contribution in [3.05, 3.63) is 0 Å².